The van der Waals surface area contributed by atoms with E-state index < -0.39 is 6.04 Å². The summed E-state index contributed by atoms with van der Waals surface area (Å²) in [5.41, 5.74) is 0.286. The average Bonchev–Trinajstić information content (AvgIpc) is 2.62. The maximum atomic E-state index is 12.8. The lowest BCUT2D eigenvalue weighted by molar-refractivity contribution is -0.139. The van der Waals surface area contributed by atoms with Gasteiger partial charge in [-0.05, 0) is 63.2 Å². The molecule has 0 bridgehead atoms. The minimum atomic E-state index is -0.398. The highest BCUT2D eigenvalue weighted by Gasteiger charge is 2.37. The van der Waals surface area contributed by atoms with Gasteiger partial charge in [0.05, 0.1) is 0 Å². The van der Waals surface area contributed by atoms with E-state index >= 15 is 0 Å². The van der Waals surface area contributed by atoms with E-state index in [0.717, 1.165) is 45.2 Å². The highest BCUT2D eigenvalue weighted by Crippen LogP contribution is 2.40. The third kappa shape index (κ3) is 4.86. The van der Waals surface area contributed by atoms with Crippen molar-refractivity contribution in [2.24, 2.45) is 11.3 Å². The lowest BCUT2D eigenvalue weighted by Crippen LogP contribution is -2.53. The molecule has 140 valence electrons. The van der Waals surface area contributed by atoms with Gasteiger partial charge in [-0.15, -0.1) is 0 Å². The number of carbonyl (C=O) groups excluding carboxylic acids is 2. The molecule has 2 fully saturated rings. The van der Waals surface area contributed by atoms with Crippen LogP contribution in [0, 0.1) is 11.3 Å². The number of amides is 2. The molecule has 0 unspecified atom stereocenters. The monoisotopic (exact) mass is 346 g/mol. The maximum Gasteiger partial charge on any atom is 0.244 e. The highest BCUT2D eigenvalue weighted by molar-refractivity contribution is 5.87. The molecule has 4 nitrogen and oxygen atoms in total. The first-order chi connectivity index (χ1) is 12.1. The molecule has 0 aromatic carbocycles. The van der Waals surface area contributed by atoms with Crippen LogP contribution in [0.25, 0.3) is 0 Å². The summed E-state index contributed by atoms with van der Waals surface area (Å²) in [5, 5.41) is 2.97. The van der Waals surface area contributed by atoms with Gasteiger partial charge >= 0.3 is 0 Å². The van der Waals surface area contributed by atoms with Gasteiger partial charge in [0, 0.05) is 19.5 Å². The fourth-order valence-corrected chi connectivity index (χ4v) is 5.00. The molecule has 3 rings (SSSR count). The molecule has 1 aliphatic heterocycles. The van der Waals surface area contributed by atoms with E-state index in [1.165, 1.54) is 32.1 Å². The molecule has 3 aliphatic rings. The molecule has 1 N–H and O–H groups in total. The van der Waals surface area contributed by atoms with E-state index in [9.17, 15) is 9.59 Å². The molecule has 25 heavy (non-hydrogen) atoms. The Hall–Kier alpha value is -1.32. The van der Waals surface area contributed by atoms with Crippen molar-refractivity contribution in [3.05, 3.63) is 12.2 Å². The van der Waals surface area contributed by atoms with Crippen molar-refractivity contribution in [2.45, 2.75) is 83.6 Å². The van der Waals surface area contributed by atoms with Gasteiger partial charge < -0.3 is 10.2 Å². The van der Waals surface area contributed by atoms with Gasteiger partial charge in [0.2, 0.25) is 11.8 Å². The lowest BCUT2D eigenvalue weighted by Gasteiger charge is -2.44. The van der Waals surface area contributed by atoms with E-state index in [2.05, 4.69) is 17.5 Å². The van der Waals surface area contributed by atoms with E-state index in [0.29, 0.717) is 12.3 Å². The standard InChI is InChI=1S/C21H34N2O2/c1-17(22-19(24)15-18-9-4-2-5-10-18)20(25)23-14-8-13-21(16-23)11-6-3-7-12-21/h3,6,17-18H,2,4-5,7-16H2,1H3,(H,22,24)/t17-,21-/m1/s1. The zero-order valence-corrected chi connectivity index (χ0v) is 15.8. The Bertz CT molecular complexity index is 510. The third-order valence-electron chi connectivity index (χ3n) is 6.48. The SMILES string of the molecule is C[C@@H](NC(=O)CC1CCCCC1)C(=O)N1CCC[C@]2(CC=CCC2)C1. The molecule has 0 aromatic heterocycles. The number of likely N-dealkylation sites (tertiary alicyclic amines) is 1. The van der Waals surface area contributed by atoms with Crippen molar-refractivity contribution >= 4 is 11.8 Å². The van der Waals surface area contributed by atoms with Crippen LogP contribution in [0.15, 0.2) is 12.2 Å². The quantitative estimate of drug-likeness (QED) is 0.787. The van der Waals surface area contributed by atoms with Crippen LogP contribution >= 0.6 is 0 Å². The van der Waals surface area contributed by atoms with E-state index in [1.807, 2.05) is 11.8 Å². The summed E-state index contributed by atoms with van der Waals surface area (Å²) in [6.07, 6.45) is 17.0. The molecule has 0 radical (unpaired) electrons. The number of piperidine rings is 1. The fourth-order valence-electron chi connectivity index (χ4n) is 5.00. The Balaban J connectivity index is 1.49. The zero-order valence-electron chi connectivity index (χ0n) is 15.8. The summed E-state index contributed by atoms with van der Waals surface area (Å²) in [7, 11) is 0. The van der Waals surface area contributed by atoms with Crippen LogP contribution in [-0.2, 0) is 9.59 Å². The Morgan fingerprint density at radius 3 is 2.68 bits per heavy atom. The normalized spacial score (nSPS) is 28.8. The first-order valence-corrected chi connectivity index (χ1v) is 10.3. The van der Waals surface area contributed by atoms with E-state index in [1.54, 1.807) is 0 Å². The smallest absolute Gasteiger partial charge is 0.244 e. The van der Waals surface area contributed by atoms with Gasteiger partial charge in [0.15, 0.2) is 0 Å². The second-order valence-electron chi connectivity index (χ2n) is 8.57. The topological polar surface area (TPSA) is 49.4 Å². The molecule has 0 aromatic rings. The number of rotatable bonds is 4. The molecular formula is C21H34N2O2. The van der Waals surface area contributed by atoms with Crippen molar-refractivity contribution < 1.29 is 9.59 Å². The van der Waals surface area contributed by atoms with Gasteiger partial charge in [-0.1, -0.05) is 31.4 Å². The predicted molar refractivity (Wildman–Crippen MR) is 100 cm³/mol. The van der Waals surface area contributed by atoms with Gasteiger partial charge in [-0.25, -0.2) is 0 Å². The molecule has 1 saturated carbocycles. The summed E-state index contributed by atoms with van der Waals surface area (Å²) in [6, 6.07) is -0.398. The molecule has 2 atom stereocenters. The van der Waals surface area contributed by atoms with Crippen molar-refractivity contribution in [2.75, 3.05) is 13.1 Å². The second-order valence-corrected chi connectivity index (χ2v) is 8.57. The van der Waals surface area contributed by atoms with Crippen molar-refractivity contribution in [1.29, 1.82) is 0 Å². The number of allylic oxidation sites excluding steroid dienone is 2. The summed E-state index contributed by atoms with van der Waals surface area (Å²) >= 11 is 0. The second kappa shape index (κ2) is 8.37. The summed E-state index contributed by atoms with van der Waals surface area (Å²) in [6.45, 7) is 3.55. The largest absolute Gasteiger partial charge is 0.345 e. The molecule has 1 saturated heterocycles. The fraction of sp³-hybridized carbons (Fsp3) is 0.810. The van der Waals surface area contributed by atoms with Crippen molar-refractivity contribution in [3.8, 4) is 0 Å². The molecular weight excluding hydrogens is 312 g/mol. The van der Waals surface area contributed by atoms with Crippen LogP contribution in [0.3, 0.4) is 0 Å². The van der Waals surface area contributed by atoms with Gasteiger partial charge in [0.1, 0.15) is 6.04 Å². The Kier molecular flexibility index (Phi) is 6.19. The molecule has 1 spiro atoms. The lowest BCUT2D eigenvalue weighted by atomic mass is 9.71. The molecule has 1 heterocycles. The first kappa shape index (κ1) is 18.5. The highest BCUT2D eigenvalue weighted by atomic mass is 16.2. The van der Waals surface area contributed by atoms with E-state index in [-0.39, 0.29) is 17.2 Å². The van der Waals surface area contributed by atoms with Gasteiger partial charge in [-0.3, -0.25) is 9.59 Å². The van der Waals surface area contributed by atoms with Crippen LogP contribution in [0.1, 0.15) is 77.6 Å². The summed E-state index contributed by atoms with van der Waals surface area (Å²) in [5.74, 6) is 0.675. The van der Waals surface area contributed by atoms with Gasteiger partial charge in [0.25, 0.3) is 0 Å². The number of hydrogen-bond donors (Lipinski definition) is 1. The number of nitrogens with one attached hydrogen (secondary N) is 1. The Morgan fingerprint density at radius 2 is 1.96 bits per heavy atom. The Labute approximate surface area is 152 Å². The number of carbonyl (C=O) groups is 2. The zero-order chi connectivity index (χ0) is 17.7. The van der Waals surface area contributed by atoms with Crippen LogP contribution in [0.4, 0.5) is 0 Å². The summed E-state index contributed by atoms with van der Waals surface area (Å²) < 4.78 is 0. The predicted octanol–water partition coefficient (Wildman–Crippen LogP) is 3.81. The van der Waals surface area contributed by atoms with Crippen molar-refractivity contribution in [1.82, 2.24) is 10.2 Å². The van der Waals surface area contributed by atoms with Crippen LogP contribution < -0.4 is 5.32 Å². The number of hydrogen-bond acceptors (Lipinski definition) is 2. The van der Waals surface area contributed by atoms with Crippen LogP contribution in [-0.4, -0.2) is 35.8 Å². The summed E-state index contributed by atoms with van der Waals surface area (Å²) in [4.78, 5) is 27.2. The third-order valence-corrected chi connectivity index (χ3v) is 6.48. The van der Waals surface area contributed by atoms with Crippen LogP contribution in [0.2, 0.25) is 0 Å². The minimum Gasteiger partial charge on any atom is -0.345 e. The maximum absolute atomic E-state index is 12.8. The van der Waals surface area contributed by atoms with Gasteiger partial charge in [-0.2, -0.15) is 0 Å². The molecule has 4 heteroatoms. The average molecular weight is 347 g/mol. The van der Waals surface area contributed by atoms with Crippen molar-refractivity contribution in [3.63, 3.8) is 0 Å². The molecule has 2 amide bonds. The number of nitrogens with zero attached hydrogens (tertiary/aromatic N) is 1. The minimum absolute atomic E-state index is 0.0556. The first-order valence-electron chi connectivity index (χ1n) is 10.3. The Morgan fingerprint density at radius 1 is 1.16 bits per heavy atom. The van der Waals surface area contributed by atoms with E-state index in [4.69, 9.17) is 0 Å². The molecule has 2 aliphatic carbocycles. The van der Waals surface area contributed by atoms with Crippen LogP contribution in [0.5, 0.6) is 0 Å².